The van der Waals surface area contributed by atoms with Gasteiger partial charge in [0.15, 0.2) is 5.78 Å². The standard InChI is InChI=1S/C24H29N3O4S/c1-20(28)22-9-11-23(12-10-22)32(30,31)25-14-13-24(29)27-18-16-26(17-19-27)15-5-8-21-6-3-2-4-7-21/h2-12,25H,13-19H2,1H3/b8-5+. The minimum Gasteiger partial charge on any atom is -0.340 e. The van der Waals surface area contributed by atoms with Gasteiger partial charge in [0.1, 0.15) is 0 Å². The highest BCUT2D eigenvalue weighted by atomic mass is 32.2. The molecule has 0 aromatic heterocycles. The molecular formula is C24H29N3O4S. The van der Waals surface area contributed by atoms with E-state index in [-0.39, 0.29) is 29.6 Å². The summed E-state index contributed by atoms with van der Waals surface area (Å²) in [4.78, 5) is 27.9. The molecule has 0 saturated carbocycles. The van der Waals surface area contributed by atoms with Crippen LogP contribution in [-0.4, -0.2) is 69.2 Å². The van der Waals surface area contributed by atoms with Crippen LogP contribution in [0.4, 0.5) is 0 Å². The fraction of sp³-hybridized carbons (Fsp3) is 0.333. The molecule has 170 valence electrons. The molecule has 1 amide bonds. The van der Waals surface area contributed by atoms with E-state index in [1.165, 1.54) is 36.8 Å². The third kappa shape index (κ3) is 6.85. The van der Waals surface area contributed by atoms with Gasteiger partial charge in [-0.2, -0.15) is 0 Å². The van der Waals surface area contributed by atoms with Crippen molar-refractivity contribution in [2.75, 3.05) is 39.3 Å². The Morgan fingerprint density at radius 1 is 0.969 bits per heavy atom. The molecule has 0 aliphatic carbocycles. The number of sulfonamides is 1. The van der Waals surface area contributed by atoms with E-state index >= 15 is 0 Å². The number of hydrogen-bond donors (Lipinski definition) is 1. The van der Waals surface area contributed by atoms with E-state index in [0.717, 1.165) is 19.6 Å². The number of benzene rings is 2. The van der Waals surface area contributed by atoms with E-state index in [2.05, 4.69) is 33.9 Å². The van der Waals surface area contributed by atoms with Crippen LogP contribution in [0.5, 0.6) is 0 Å². The Labute approximate surface area is 189 Å². The van der Waals surface area contributed by atoms with E-state index in [0.29, 0.717) is 18.7 Å². The van der Waals surface area contributed by atoms with E-state index < -0.39 is 10.0 Å². The molecule has 1 heterocycles. The van der Waals surface area contributed by atoms with Crippen LogP contribution in [0.2, 0.25) is 0 Å². The van der Waals surface area contributed by atoms with Crippen LogP contribution in [0.25, 0.3) is 6.08 Å². The largest absolute Gasteiger partial charge is 0.340 e. The number of rotatable bonds is 9. The van der Waals surface area contributed by atoms with Gasteiger partial charge in [-0.3, -0.25) is 14.5 Å². The molecular weight excluding hydrogens is 426 g/mol. The number of carbonyl (C=O) groups excluding carboxylic acids is 2. The van der Waals surface area contributed by atoms with Gasteiger partial charge in [-0.05, 0) is 24.6 Å². The summed E-state index contributed by atoms with van der Waals surface area (Å²) in [5.41, 5.74) is 1.62. The molecule has 2 aromatic carbocycles. The second-order valence-electron chi connectivity index (χ2n) is 7.72. The van der Waals surface area contributed by atoms with Crippen molar-refractivity contribution in [3.05, 3.63) is 71.8 Å². The first kappa shape index (κ1) is 23.8. The number of piperazine rings is 1. The van der Waals surface area contributed by atoms with Crippen molar-refractivity contribution in [3.8, 4) is 0 Å². The molecule has 3 rings (SSSR count). The summed E-state index contributed by atoms with van der Waals surface area (Å²) < 4.78 is 27.2. The van der Waals surface area contributed by atoms with Crippen molar-refractivity contribution in [2.24, 2.45) is 0 Å². The first-order valence-electron chi connectivity index (χ1n) is 10.7. The molecule has 1 N–H and O–H groups in total. The number of hydrogen-bond acceptors (Lipinski definition) is 5. The van der Waals surface area contributed by atoms with E-state index in [4.69, 9.17) is 0 Å². The van der Waals surface area contributed by atoms with Crippen LogP contribution < -0.4 is 4.72 Å². The number of carbonyl (C=O) groups is 2. The van der Waals surface area contributed by atoms with Crippen LogP contribution in [0, 0.1) is 0 Å². The maximum atomic E-state index is 12.5. The third-order valence-corrected chi connectivity index (χ3v) is 6.88. The third-order valence-electron chi connectivity index (χ3n) is 5.40. The lowest BCUT2D eigenvalue weighted by Crippen LogP contribution is -2.49. The summed E-state index contributed by atoms with van der Waals surface area (Å²) in [6.45, 7) is 5.15. The predicted octanol–water partition coefficient (Wildman–Crippen LogP) is 2.42. The first-order valence-corrected chi connectivity index (χ1v) is 12.2. The van der Waals surface area contributed by atoms with Crippen molar-refractivity contribution < 1.29 is 18.0 Å². The molecule has 0 unspecified atom stereocenters. The maximum absolute atomic E-state index is 12.5. The van der Waals surface area contributed by atoms with Crippen LogP contribution in [0.15, 0.2) is 65.6 Å². The van der Waals surface area contributed by atoms with Crippen LogP contribution in [-0.2, 0) is 14.8 Å². The van der Waals surface area contributed by atoms with Gasteiger partial charge >= 0.3 is 0 Å². The quantitative estimate of drug-likeness (QED) is 0.587. The van der Waals surface area contributed by atoms with E-state index in [1.807, 2.05) is 18.2 Å². The van der Waals surface area contributed by atoms with Gasteiger partial charge in [0, 0.05) is 51.3 Å². The average Bonchev–Trinajstić information content (AvgIpc) is 2.80. The molecule has 1 saturated heterocycles. The molecule has 8 heteroatoms. The molecule has 0 bridgehead atoms. The Bertz CT molecular complexity index is 1040. The van der Waals surface area contributed by atoms with Gasteiger partial charge < -0.3 is 4.90 Å². The number of Topliss-reactive ketones (excluding diaryl/α,β-unsaturated/α-hetero) is 1. The lowest BCUT2D eigenvalue weighted by molar-refractivity contribution is -0.132. The minimum atomic E-state index is -3.72. The van der Waals surface area contributed by atoms with Crippen molar-refractivity contribution in [1.29, 1.82) is 0 Å². The van der Waals surface area contributed by atoms with Crippen molar-refractivity contribution in [2.45, 2.75) is 18.2 Å². The van der Waals surface area contributed by atoms with Gasteiger partial charge in [-0.25, -0.2) is 13.1 Å². The Kier molecular flexibility index (Phi) is 8.33. The second-order valence-corrected chi connectivity index (χ2v) is 9.49. The Hall–Kier alpha value is -2.81. The fourth-order valence-electron chi connectivity index (χ4n) is 3.48. The average molecular weight is 456 g/mol. The molecule has 2 aromatic rings. The van der Waals surface area contributed by atoms with Gasteiger partial charge in [0.25, 0.3) is 0 Å². The summed E-state index contributed by atoms with van der Waals surface area (Å²) in [5.74, 6) is -0.182. The Morgan fingerprint density at radius 3 is 2.25 bits per heavy atom. The monoisotopic (exact) mass is 455 g/mol. The van der Waals surface area contributed by atoms with E-state index in [9.17, 15) is 18.0 Å². The molecule has 1 aliphatic rings. The Morgan fingerprint density at radius 2 is 1.62 bits per heavy atom. The number of nitrogens with zero attached hydrogens (tertiary/aromatic N) is 2. The zero-order chi connectivity index (χ0) is 23.0. The summed E-state index contributed by atoms with van der Waals surface area (Å²) in [5, 5.41) is 0. The molecule has 0 spiro atoms. The molecule has 0 atom stereocenters. The number of nitrogens with one attached hydrogen (secondary N) is 1. The maximum Gasteiger partial charge on any atom is 0.240 e. The molecule has 1 aliphatic heterocycles. The smallest absolute Gasteiger partial charge is 0.240 e. The summed E-state index contributed by atoms with van der Waals surface area (Å²) in [7, 11) is -3.72. The molecule has 1 fully saturated rings. The minimum absolute atomic E-state index is 0.0374. The predicted molar refractivity (Wildman–Crippen MR) is 125 cm³/mol. The molecule has 7 nitrogen and oxygen atoms in total. The SMILES string of the molecule is CC(=O)c1ccc(S(=O)(=O)NCCC(=O)N2CCN(C/C=C/c3ccccc3)CC2)cc1. The van der Waals surface area contributed by atoms with E-state index in [1.54, 1.807) is 4.90 Å². The Balaban J connectivity index is 1.39. The second kappa shape index (κ2) is 11.2. The number of ketones is 1. The lowest BCUT2D eigenvalue weighted by atomic mass is 10.2. The lowest BCUT2D eigenvalue weighted by Gasteiger charge is -2.34. The highest BCUT2D eigenvalue weighted by Gasteiger charge is 2.21. The summed E-state index contributed by atoms with van der Waals surface area (Å²) in [6.07, 6.45) is 4.33. The van der Waals surface area contributed by atoms with Crippen LogP contribution >= 0.6 is 0 Å². The zero-order valence-corrected chi connectivity index (χ0v) is 19.1. The summed E-state index contributed by atoms with van der Waals surface area (Å²) >= 11 is 0. The topological polar surface area (TPSA) is 86.8 Å². The molecule has 32 heavy (non-hydrogen) atoms. The van der Waals surface area contributed by atoms with Crippen LogP contribution in [0.1, 0.15) is 29.3 Å². The van der Waals surface area contributed by atoms with Crippen molar-refractivity contribution in [1.82, 2.24) is 14.5 Å². The first-order chi connectivity index (χ1) is 15.3. The van der Waals surface area contributed by atoms with Crippen molar-refractivity contribution in [3.63, 3.8) is 0 Å². The zero-order valence-electron chi connectivity index (χ0n) is 18.2. The highest BCUT2D eigenvalue weighted by Crippen LogP contribution is 2.11. The van der Waals surface area contributed by atoms with Crippen molar-refractivity contribution >= 4 is 27.8 Å². The summed E-state index contributed by atoms with van der Waals surface area (Å²) in [6, 6.07) is 15.9. The highest BCUT2D eigenvalue weighted by molar-refractivity contribution is 7.89. The van der Waals surface area contributed by atoms with Gasteiger partial charge in [0.2, 0.25) is 15.9 Å². The number of amides is 1. The van der Waals surface area contributed by atoms with Crippen LogP contribution in [0.3, 0.4) is 0 Å². The van der Waals surface area contributed by atoms with Gasteiger partial charge in [0.05, 0.1) is 4.90 Å². The molecule has 0 radical (unpaired) electrons. The fourth-order valence-corrected chi connectivity index (χ4v) is 4.52. The van der Waals surface area contributed by atoms with Gasteiger partial charge in [-0.1, -0.05) is 54.6 Å². The normalized spacial score (nSPS) is 15.2. The van der Waals surface area contributed by atoms with Gasteiger partial charge in [-0.15, -0.1) is 0 Å².